The van der Waals surface area contributed by atoms with E-state index in [1.807, 2.05) is 6.07 Å². The van der Waals surface area contributed by atoms with E-state index >= 15 is 0 Å². The molecule has 2 aromatic heterocycles. The summed E-state index contributed by atoms with van der Waals surface area (Å²) in [7, 11) is 1.56. The van der Waals surface area contributed by atoms with E-state index in [-0.39, 0.29) is 5.56 Å². The van der Waals surface area contributed by atoms with Crippen LogP contribution in [0.5, 0.6) is 5.88 Å². The Labute approximate surface area is 224 Å². The highest BCUT2D eigenvalue weighted by atomic mass is 19.4. The SMILES string of the molecule is COc1nc2nc(C)nc(N[C@H](C)c3cccc(C(F)(F)F)c3F)c2cc1N1CCN(C2CCOCC2)CC1. The predicted molar refractivity (Wildman–Crippen MR) is 140 cm³/mol. The molecular formula is C27H32F4N6O2. The minimum absolute atomic E-state index is 0.111. The second kappa shape index (κ2) is 11.1. The van der Waals surface area contributed by atoms with Crippen LogP contribution in [0.1, 0.15) is 42.8 Å². The fourth-order valence-corrected chi connectivity index (χ4v) is 5.39. The molecule has 2 fully saturated rings. The average Bonchev–Trinajstić information content (AvgIpc) is 2.92. The van der Waals surface area contributed by atoms with Crippen molar-refractivity contribution in [3.8, 4) is 5.88 Å². The van der Waals surface area contributed by atoms with Crippen molar-refractivity contribution in [2.24, 2.45) is 0 Å². The van der Waals surface area contributed by atoms with Crippen molar-refractivity contribution in [3.63, 3.8) is 0 Å². The highest BCUT2D eigenvalue weighted by molar-refractivity contribution is 5.90. The standard InChI is InChI=1S/C27H32F4N6O2/c1-16(19-5-4-6-21(23(19)28)27(29,30)31)32-24-20-15-22(26(38-3)35-25(20)34-17(2)33-24)37-11-9-36(10-12-37)18-7-13-39-14-8-18/h4-6,15-16,18H,7-14H2,1-3H3,(H,32,33,34,35)/t16-/m1/s1. The number of piperazine rings is 1. The highest BCUT2D eigenvalue weighted by Gasteiger charge is 2.35. The van der Waals surface area contributed by atoms with E-state index in [0.29, 0.717) is 34.6 Å². The third-order valence-corrected chi connectivity index (χ3v) is 7.45. The zero-order chi connectivity index (χ0) is 27.7. The summed E-state index contributed by atoms with van der Waals surface area (Å²) >= 11 is 0. The fraction of sp³-hybridized carbons (Fsp3) is 0.519. The smallest absolute Gasteiger partial charge is 0.419 e. The fourth-order valence-electron chi connectivity index (χ4n) is 5.39. The van der Waals surface area contributed by atoms with Crippen molar-refractivity contribution in [3.05, 3.63) is 47.0 Å². The van der Waals surface area contributed by atoms with Gasteiger partial charge in [0.25, 0.3) is 0 Å². The first-order valence-corrected chi connectivity index (χ1v) is 13.1. The van der Waals surface area contributed by atoms with Gasteiger partial charge in [0.2, 0.25) is 5.88 Å². The zero-order valence-electron chi connectivity index (χ0n) is 22.2. The Kier molecular flexibility index (Phi) is 7.77. The Balaban J connectivity index is 1.44. The third kappa shape index (κ3) is 5.72. The number of rotatable bonds is 6. The van der Waals surface area contributed by atoms with Crippen molar-refractivity contribution < 1.29 is 27.0 Å². The molecule has 0 radical (unpaired) electrons. The lowest BCUT2D eigenvalue weighted by molar-refractivity contribution is -0.140. The summed E-state index contributed by atoms with van der Waals surface area (Å²) < 4.78 is 65.8. The summed E-state index contributed by atoms with van der Waals surface area (Å²) in [5, 5.41) is 3.67. The van der Waals surface area contributed by atoms with E-state index in [0.717, 1.165) is 64.0 Å². The first kappa shape index (κ1) is 27.3. The number of pyridine rings is 1. The number of aryl methyl sites for hydroxylation is 1. The summed E-state index contributed by atoms with van der Waals surface area (Å²) in [6.07, 6.45) is -2.71. The van der Waals surface area contributed by atoms with Crippen molar-refractivity contribution in [1.82, 2.24) is 19.9 Å². The molecule has 1 aromatic carbocycles. The summed E-state index contributed by atoms with van der Waals surface area (Å²) in [5.74, 6) is -0.0980. The minimum Gasteiger partial charge on any atom is -0.479 e. The maximum atomic E-state index is 14.8. The lowest BCUT2D eigenvalue weighted by Crippen LogP contribution is -2.51. The monoisotopic (exact) mass is 548 g/mol. The number of aromatic nitrogens is 3. The number of ether oxygens (including phenoxy) is 2. The molecule has 2 saturated heterocycles. The summed E-state index contributed by atoms with van der Waals surface area (Å²) in [5.41, 5.74) is -0.251. The van der Waals surface area contributed by atoms with Crippen LogP contribution in [0.15, 0.2) is 24.3 Å². The Bertz CT molecular complexity index is 1320. The number of nitrogens with one attached hydrogen (secondary N) is 1. The van der Waals surface area contributed by atoms with E-state index in [9.17, 15) is 17.6 Å². The van der Waals surface area contributed by atoms with E-state index in [2.05, 4.69) is 30.1 Å². The zero-order valence-corrected chi connectivity index (χ0v) is 22.2. The normalized spacial score (nSPS) is 18.4. The summed E-state index contributed by atoms with van der Waals surface area (Å²) in [4.78, 5) is 18.3. The van der Waals surface area contributed by atoms with E-state index in [1.54, 1.807) is 21.0 Å². The molecule has 1 N–H and O–H groups in total. The lowest BCUT2D eigenvalue weighted by Gasteiger charge is -2.41. The van der Waals surface area contributed by atoms with Gasteiger partial charge in [-0.3, -0.25) is 4.90 Å². The second-order valence-corrected chi connectivity index (χ2v) is 9.95. The molecule has 8 nitrogen and oxygen atoms in total. The summed E-state index contributed by atoms with van der Waals surface area (Å²) in [6, 6.07) is 4.89. The van der Waals surface area contributed by atoms with Gasteiger partial charge in [-0.05, 0) is 38.8 Å². The molecule has 0 amide bonds. The molecular weight excluding hydrogens is 516 g/mol. The van der Waals surface area contributed by atoms with Gasteiger partial charge in [0.05, 0.1) is 24.1 Å². The van der Waals surface area contributed by atoms with Crippen LogP contribution >= 0.6 is 0 Å². The van der Waals surface area contributed by atoms with Crippen LogP contribution in [-0.2, 0) is 10.9 Å². The van der Waals surface area contributed by atoms with Crippen LogP contribution in [-0.4, -0.2) is 72.4 Å². The number of hydrogen-bond acceptors (Lipinski definition) is 8. The molecule has 1 atom stereocenters. The van der Waals surface area contributed by atoms with Crippen molar-refractivity contribution in [2.75, 3.05) is 56.7 Å². The molecule has 0 bridgehead atoms. The van der Waals surface area contributed by atoms with Gasteiger partial charge in [-0.25, -0.2) is 14.4 Å². The van der Waals surface area contributed by atoms with Gasteiger partial charge in [-0.1, -0.05) is 12.1 Å². The van der Waals surface area contributed by atoms with Gasteiger partial charge < -0.3 is 19.7 Å². The van der Waals surface area contributed by atoms with Gasteiger partial charge >= 0.3 is 6.18 Å². The van der Waals surface area contributed by atoms with Gasteiger partial charge in [-0.15, -0.1) is 0 Å². The molecule has 5 rings (SSSR count). The number of anilines is 2. The number of halogens is 4. The van der Waals surface area contributed by atoms with Gasteiger partial charge in [0, 0.05) is 51.0 Å². The Morgan fingerprint density at radius 2 is 1.79 bits per heavy atom. The van der Waals surface area contributed by atoms with Crippen LogP contribution in [0.2, 0.25) is 0 Å². The van der Waals surface area contributed by atoms with Crippen LogP contribution in [0.25, 0.3) is 11.0 Å². The van der Waals surface area contributed by atoms with E-state index < -0.39 is 23.6 Å². The molecule has 4 heterocycles. The number of alkyl halides is 3. The first-order valence-electron chi connectivity index (χ1n) is 13.1. The maximum absolute atomic E-state index is 14.8. The van der Waals surface area contributed by atoms with Gasteiger partial charge in [0.15, 0.2) is 5.65 Å². The molecule has 0 spiro atoms. The third-order valence-electron chi connectivity index (χ3n) is 7.45. The van der Waals surface area contributed by atoms with Crippen molar-refractivity contribution in [2.45, 2.75) is 44.9 Å². The van der Waals surface area contributed by atoms with Gasteiger partial charge in [-0.2, -0.15) is 18.2 Å². The number of hydrogen-bond donors (Lipinski definition) is 1. The predicted octanol–water partition coefficient (Wildman–Crippen LogP) is 4.97. The lowest BCUT2D eigenvalue weighted by atomic mass is 10.0. The van der Waals surface area contributed by atoms with Crippen LogP contribution < -0.4 is 15.0 Å². The Morgan fingerprint density at radius 3 is 2.46 bits per heavy atom. The van der Waals surface area contributed by atoms with Crippen molar-refractivity contribution >= 4 is 22.5 Å². The number of benzene rings is 1. The van der Waals surface area contributed by atoms with Crippen LogP contribution in [0.4, 0.5) is 29.1 Å². The highest BCUT2D eigenvalue weighted by Crippen LogP contribution is 2.37. The Morgan fingerprint density at radius 1 is 1.08 bits per heavy atom. The average molecular weight is 549 g/mol. The van der Waals surface area contributed by atoms with Gasteiger partial charge in [0.1, 0.15) is 23.1 Å². The molecule has 3 aromatic rings. The van der Waals surface area contributed by atoms with Crippen LogP contribution in [0.3, 0.4) is 0 Å². The molecule has 39 heavy (non-hydrogen) atoms. The molecule has 0 saturated carbocycles. The molecule has 2 aliphatic heterocycles. The van der Waals surface area contributed by atoms with Crippen LogP contribution in [0, 0.1) is 12.7 Å². The molecule has 0 unspecified atom stereocenters. The molecule has 0 aliphatic carbocycles. The largest absolute Gasteiger partial charge is 0.479 e. The Hall–Kier alpha value is -3.25. The topological polar surface area (TPSA) is 75.6 Å². The number of methoxy groups -OCH3 is 1. The molecule has 210 valence electrons. The van der Waals surface area contributed by atoms with E-state index in [1.165, 1.54) is 12.1 Å². The number of nitrogens with zero attached hydrogens (tertiary/aromatic N) is 5. The summed E-state index contributed by atoms with van der Waals surface area (Å²) in [6.45, 7) is 8.23. The van der Waals surface area contributed by atoms with E-state index in [4.69, 9.17) is 9.47 Å². The molecule has 12 heteroatoms. The van der Waals surface area contributed by atoms with Crippen molar-refractivity contribution in [1.29, 1.82) is 0 Å². The maximum Gasteiger partial charge on any atom is 0.419 e. The number of fused-ring (bicyclic) bond motifs is 1. The first-order chi connectivity index (χ1) is 18.7. The molecule has 2 aliphatic rings. The minimum atomic E-state index is -4.79. The quantitative estimate of drug-likeness (QED) is 0.433. The second-order valence-electron chi connectivity index (χ2n) is 9.95.